The third kappa shape index (κ3) is 2.99. The number of nitrogens with one attached hydrogen (secondary N) is 1. The van der Waals surface area contributed by atoms with Crippen LogP contribution in [-0.4, -0.2) is 35.5 Å². The maximum absolute atomic E-state index is 13.0. The summed E-state index contributed by atoms with van der Waals surface area (Å²) in [6.45, 7) is 2.17. The highest BCUT2D eigenvalue weighted by atomic mass is 16.5. The van der Waals surface area contributed by atoms with E-state index in [9.17, 15) is 4.79 Å². The van der Waals surface area contributed by atoms with E-state index in [4.69, 9.17) is 4.74 Å². The minimum atomic E-state index is -0.0514. The Bertz CT molecular complexity index is 969. The number of para-hydroxylation sites is 2. The summed E-state index contributed by atoms with van der Waals surface area (Å²) in [5.41, 5.74) is 3.74. The number of aromatic amines is 1. The summed E-state index contributed by atoms with van der Waals surface area (Å²) in [6.07, 6.45) is 4.99. The molecular weight excluding hydrogens is 336 g/mol. The molecule has 0 aliphatic carbocycles. The average molecular weight is 360 g/mol. The third-order valence-corrected chi connectivity index (χ3v) is 6.10. The smallest absolute Gasteiger partial charge is 0.229 e. The summed E-state index contributed by atoms with van der Waals surface area (Å²) in [7, 11) is 0. The number of carbonyl (C=O) groups excluding carboxylic acids is 1. The van der Waals surface area contributed by atoms with Gasteiger partial charge in [0.15, 0.2) is 0 Å². The van der Waals surface area contributed by atoms with Crippen molar-refractivity contribution >= 4 is 16.8 Å². The van der Waals surface area contributed by atoms with Crippen molar-refractivity contribution in [1.82, 2.24) is 9.88 Å². The molecule has 1 amide bonds. The van der Waals surface area contributed by atoms with Crippen molar-refractivity contribution in [2.75, 3.05) is 19.7 Å². The van der Waals surface area contributed by atoms with Crippen molar-refractivity contribution in [3.63, 3.8) is 0 Å². The van der Waals surface area contributed by atoms with Gasteiger partial charge in [-0.15, -0.1) is 0 Å². The second-order valence-corrected chi connectivity index (χ2v) is 7.71. The molecule has 1 atom stereocenters. The van der Waals surface area contributed by atoms with E-state index in [0.29, 0.717) is 12.5 Å². The van der Waals surface area contributed by atoms with Gasteiger partial charge in [-0.25, -0.2) is 0 Å². The van der Waals surface area contributed by atoms with Gasteiger partial charge in [0.1, 0.15) is 12.4 Å². The van der Waals surface area contributed by atoms with E-state index in [1.165, 1.54) is 16.5 Å². The molecule has 4 heteroatoms. The molecule has 5 rings (SSSR count). The third-order valence-electron chi connectivity index (χ3n) is 6.10. The molecule has 0 radical (unpaired) electrons. The largest absolute Gasteiger partial charge is 0.492 e. The van der Waals surface area contributed by atoms with Gasteiger partial charge >= 0.3 is 0 Å². The molecule has 2 aliphatic heterocycles. The number of H-pyrrole nitrogens is 1. The van der Waals surface area contributed by atoms with Crippen molar-refractivity contribution < 1.29 is 9.53 Å². The lowest BCUT2D eigenvalue weighted by Crippen LogP contribution is -2.44. The van der Waals surface area contributed by atoms with Crippen LogP contribution in [0.2, 0.25) is 0 Å². The Balaban J connectivity index is 1.25. The zero-order chi connectivity index (χ0) is 18.2. The Kier molecular flexibility index (Phi) is 4.12. The van der Waals surface area contributed by atoms with E-state index in [0.717, 1.165) is 43.7 Å². The summed E-state index contributed by atoms with van der Waals surface area (Å²) in [6, 6.07) is 16.5. The molecule has 0 bridgehead atoms. The van der Waals surface area contributed by atoms with E-state index in [1.54, 1.807) is 0 Å². The number of carbonyl (C=O) groups is 1. The van der Waals surface area contributed by atoms with E-state index >= 15 is 0 Å². The fourth-order valence-corrected chi connectivity index (χ4v) is 4.59. The minimum Gasteiger partial charge on any atom is -0.492 e. The predicted molar refractivity (Wildman–Crippen MR) is 106 cm³/mol. The first-order chi connectivity index (χ1) is 13.3. The molecule has 0 spiro atoms. The minimum absolute atomic E-state index is 0.0514. The van der Waals surface area contributed by atoms with Crippen LogP contribution in [0.3, 0.4) is 0 Å². The van der Waals surface area contributed by atoms with Crippen LogP contribution in [0.4, 0.5) is 0 Å². The molecule has 2 aliphatic rings. The zero-order valence-electron chi connectivity index (χ0n) is 15.4. The lowest BCUT2D eigenvalue weighted by Gasteiger charge is -2.35. The first-order valence-corrected chi connectivity index (χ1v) is 9.85. The van der Waals surface area contributed by atoms with Crippen molar-refractivity contribution in [3.05, 3.63) is 65.9 Å². The Morgan fingerprint density at radius 1 is 1.04 bits per heavy atom. The highest BCUT2D eigenvalue weighted by molar-refractivity contribution is 5.84. The van der Waals surface area contributed by atoms with Crippen LogP contribution >= 0.6 is 0 Å². The molecule has 2 aromatic carbocycles. The predicted octanol–water partition coefficient (Wildman–Crippen LogP) is 4.13. The number of amides is 1. The molecular formula is C23H24N2O2. The molecule has 3 heterocycles. The Labute approximate surface area is 159 Å². The van der Waals surface area contributed by atoms with Gasteiger partial charge in [0, 0.05) is 30.2 Å². The number of ether oxygens (including phenoxy) is 1. The number of fused-ring (bicyclic) bond motifs is 2. The van der Waals surface area contributed by atoms with Gasteiger partial charge in [0.05, 0.1) is 5.92 Å². The number of piperidine rings is 1. The van der Waals surface area contributed by atoms with Gasteiger partial charge in [0.2, 0.25) is 5.91 Å². The van der Waals surface area contributed by atoms with Crippen molar-refractivity contribution in [1.29, 1.82) is 0 Å². The average Bonchev–Trinajstić information content (AvgIpc) is 3.17. The van der Waals surface area contributed by atoms with Crippen LogP contribution in [0, 0.1) is 5.92 Å². The standard InChI is InChI=1S/C23H24N2O2/c26-23(18-13-17-5-1-4-8-22(17)27-15-18)25-11-9-16(10-12-25)20-14-24-21-7-3-2-6-19(20)21/h1-8,14,16,18,24H,9-13,15H2. The number of nitrogens with zero attached hydrogens (tertiary/aromatic N) is 1. The van der Waals surface area contributed by atoms with Gasteiger partial charge in [-0.05, 0) is 48.4 Å². The Hall–Kier alpha value is -2.75. The number of likely N-dealkylation sites (tertiary alicyclic amines) is 1. The maximum Gasteiger partial charge on any atom is 0.229 e. The molecule has 1 unspecified atom stereocenters. The Morgan fingerprint density at radius 3 is 2.70 bits per heavy atom. The van der Waals surface area contributed by atoms with Crippen LogP contribution < -0.4 is 4.74 Å². The number of hydrogen-bond acceptors (Lipinski definition) is 2. The van der Waals surface area contributed by atoms with Gasteiger partial charge in [0.25, 0.3) is 0 Å². The van der Waals surface area contributed by atoms with Crippen molar-refractivity contribution in [2.24, 2.45) is 5.92 Å². The van der Waals surface area contributed by atoms with E-state index in [-0.39, 0.29) is 11.8 Å². The lowest BCUT2D eigenvalue weighted by molar-refractivity contribution is -0.138. The highest BCUT2D eigenvalue weighted by Crippen LogP contribution is 2.34. The summed E-state index contributed by atoms with van der Waals surface area (Å²) in [5, 5.41) is 1.32. The second kappa shape index (κ2) is 6.76. The zero-order valence-corrected chi connectivity index (χ0v) is 15.4. The molecule has 1 saturated heterocycles. The fourth-order valence-electron chi connectivity index (χ4n) is 4.59. The van der Waals surface area contributed by atoms with Gasteiger partial charge in [-0.2, -0.15) is 0 Å². The summed E-state index contributed by atoms with van der Waals surface area (Å²) >= 11 is 0. The van der Waals surface area contributed by atoms with E-state index < -0.39 is 0 Å². The summed E-state index contributed by atoms with van der Waals surface area (Å²) in [4.78, 5) is 18.4. The number of rotatable bonds is 2. The first-order valence-electron chi connectivity index (χ1n) is 9.85. The fraction of sp³-hybridized carbons (Fsp3) is 0.348. The molecule has 27 heavy (non-hydrogen) atoms. The molecule has 3 aromatic rings. The molecule has 4 nitrogen and oxygen atoms in total. The summed E-state index contributed by atoms with van der Waals surface area (Å²) < 4.78 is 5.82. The van der Waals surface area contributed by atoms with Crippen LogP contribution in [0.15, 0.2) is 54.7 Å². The second-order valence-electron chi connectivity index (χ2n) is 7.71. The van der Waals surface area contributed by atoms with Crippen molar-refractivity contribution in [3.8, 4) is 5.75 Å². The molecule has 138 valence electrons. The van der Waals surface area contributed by atoms with Crippen LogP contribution in [0.25, 0.3) is 10.9 Å². The quantitative estimate of drug-likeness (QED) is 0.747. The molecule has 1 aromatic heterocycles. The monoisotopic (exact) mass is 360 g/mol. The number of aromatic nitrogens is 1. The first kappa shape index (κ1) is 16.4. The number of benzene rings is 2. The maximum atomic E-state index is 13.0. The van der Waals surface area contributed by atoms with Gasteiger partial charge < -0.3 is 14.6 Å². The van der Waals surface area contributed by atoms with Gasteiger partial charge in [-0.1, -0.05) is 36.4 Å². The molecule has 0 saturated carbocycles. The highest BCUT2D eigenvalue weighted by Gasteiger charge is 2.32. The lowest BCUT2D eigenvalue weighted by atomic mass is 9.88. The van der Waals surface area contributed by atoms with E-state index in [2.05, 4.69) is 41.5 Å². The SMILES string of the molecule is O=C(C1COc2ccccc2C1)N1CCC(c2c[nH]c3ccccc23)CC1. The van der Waals surface area contributed by atoms with Gasteiger partial charge in [-0.3, -0.25) is 4.79 Å². The molecule has 1 N–H and O–H groups in total. The molecule has 1 fully saturated rings. The normalized spacial score (nSPS) is 20.3. The topological polar surface area (TPSA) is 45.3 Å². The Morgan fingerprint density at radius 2 is 1.81 bits per heavy atom. The number of hydrogen-bond donors (Lipinski definition) is 1. The van der Waals surface area contributed by atoms with Crippen LogP contribution in [0.1, 0.15) is 29.9 Å². The van der Waals surface area contributed by atoms with Crippen molar-refractivity contribution in [2.45, 2.75) is 25.2 Å². The van der Waals surface area contributed by atoms with Crippen LogP contribution in [0.5, 0.6) is 5.75 Å². The van der Waals surface area contributed by atoms with E-state index in [1.807, 2.05) is 23.1 Å². The van der Waals surface area contributed by atoms with Crippen LogP contribution in [-0.2, 0) is 11.2 Å². The summed E-state index contributed by atoms with van der Waals surface area (Å²) in [5.74, 6) is 1.65.